The van der Waals surface area contributed by atoms with Gasteiger partial charge < -0.3 is 5.32 Å². The first-order valence-corrected chi connectivity index (χ1v) is 9.56. The van der Waals surface area contributed by atoms with Gasteiger partial charge in [-0.3, -0.25) is 4.79 Å². The van der Waals surface area contributed by atoms with Crippen molar-refractivity contribution in [3.05, 3.63) is 58.2 Å². The Balaban J connectivity index is 1.76. The summed E-state index contributed by atoms with van der Waals surface area (Å²) in [5.41, 5.74) is 5.85. The van der Waals surface area contributed by atoms with Gasteiger partial charge in [0.2, 0.25) is 0 Å². The van der Waals surface area contributed by atoms with E-state index < -0.39 is 0 Å². The zero-order valence-electron chi connectivity index (χ0n) is 14.5. The largest absolute Gasteiger partial charge is 0.351 e. The third-order valence-electron chi connectivity index (χ3n) is 4.58. The Labute approximate surface area is 151 Å². The molecule has 0 radical (unpaired) electrons. The first-order chi connectivity index (χ1) is 12.2. The lowest BCUT2D eigenvalue weighted by atomic mass is 9.95. The Morgan fingerprint density at radius 1 is 1.28 bits per heavy atom. The molecule has 1 aromatic carbocycles. The quantitative estimate of drug-likeness (QED) is 0.768. The second-order valence-electron chi connectivity index (χ2n) is 6.38. The van der Waals surface area contributed by atoms with Crippen LogP contribution in [0.5, 0.6) is 0 Å². The van der Waals surface area contributed by atoms with E-state index in [0.717, 1.165) is 42.1 Å². The van der Waals surface area contributed by atoms with Gasteiger partial charge in [-0.05, 0) is 49.9 Å². The Kier molecular flexibility index (Phi) is 4.17. The predicted octanol–water partition coefficient (Wildman–Crippen LogP) is 4.15. The van der Waals surface area contributed by atoms with Crippen molar-refractivity contribution in [2.24, 2.45) is 0 Å². The van der Waals surface area contributed by atoms with E-state index in [4.69, 9.17) is 5.10 Å². The van der Waals surface area contributed by atoms with Crippen LogP contribution < -0.4 is 5.32 Å². The van der Waals surface area contributed by atoms with Crippen LogP contribution in [0, 0.1) is 6.92 Å². The van der Waals surface area contributed by atoms with Gasteiger partial charge >= 0.3 is 0 Å². The number of carbonyl (C=O) groups is 1. The molecule has 3 aromatic rings. The number of hydrogen-bond donors (Lipinski definition) is 1. The van der Waals surface area contributed by atoms with Gasteiger partial charge in [0.05, 0.1) is 22.0 Å². The van der Waals surface area contributed by atoms with Crippen molar-refractivity contribution in [3.63, 3.8) is 0 Å². The summed E-state index contributed by atoms with van der Waals surface area (Å²) in [5.74, 6) is 0.0379. The summed E-state index contributed by atoms with van der Waals surface area (Å²) in [4.78, 5) is 14.3. The number of fused-ring (bicyclic) bond motifs is 3. The summed E-state index contributed by atoms with van der Waals surface area (Å²) >= 11 is 1.59. The van der Waals surface area contributed by atoms with Crippen LogP contribution in [0.1, 0.15) is 40.0 Å². The zero-order valence-corrected chi connectivity index (χ0v) is 15.3. The average molecular weight is 351 g/mol. The molecule has 5 heteroatoms. The second kappa shape index (κ2) is 6.48. The summed E-state index contributed by atoms with van der Waals surface area (Å²) < 4.78 is 2.06. The topological polar surface area (TPSA) is 46.9 Å². The van der Waals surface area contributed by atoms with E-state index in [1.807, 2.05) is 18.2 Å². The second-order valence-corrected chi connectivity index (χ2v) is 7.43. The van der Waals surface area contributed by atoms with Crippen LogP contribution in [0.3, 0.4) is 0 Å². The number of aryl methyl sites for hydroxylation is 2. The monoisotopic (exact) mass is 351 g/mol. The number of nitrogens with one attached hydrogen (secondary N) is 1. The first-order valence-electron chi connectivity index (χ1n) is 8.74. The van der Waals surface area contributed by atoms with Gasteiger partial charge in [-0.25, -0.2) is 4.68 Å². The Bertz CT molecular complexity index is 924. The predicted molar refractivity (Wildman–Crippen MR) is 102 cm³/mol. The fourth-order valence-electron chi connectivity index (χ4n) is 3.40. The highest BCUT2D eigenvalue weighted by atomic mass is 32.1. The molecule has 0 atom stereocenters. The Hall–Kier alpha value is -2.40. The van der Waals surface area contributed by atoms with Crippen LogP contribution in [-0.4, -0.2) is 22.2 Å². The lowest BCUT2D eigenvalue weighted by Gasteiger charge is -2.14. The number of aromatic nitrogens is 2. The molecule has 0 bridgehead atoms. The standard InChI is InChI=1S/C20H21N3OS/c1-3-11-21-20(24)17-12-14-9-10-16-18(19(14)25-17)13(2)22-23(16)15-7-5-4-6-8-15/h4-8,12H,3,9-11H2,1-2H3,(H,21,24). The first kappa shape index (κ1) is 16.1. The normalized spacial score (nSPS) is 12.6. The molecule has 0 saturated carbocycles. The molecule has 4 rings (SSSR count). The van der Waals surface area contributed by atoms with Crippen LogP contribution in [0.25, 0.3) is 16.1 Å². The van der Waals surface area contributed by atoms with Crippen molar-refractivity contribution in [2.75, 3.05) is 6.54 Å². The van der Waals surface area contributed by atoms with Crippen LogP contribution in [0.4, 0.5) is 0 Å². The van der Waals surface area contributed by atoms with Gasteiger partial charge in [0.25, 0.3) is 5.91 Å². The molecule has 0 spiro atoms. The van der Waals surface area contributed by atoms with Crippen molar-refractivity contribution in [1.82, 2.24) is 15.1 Å². The van der Waals surface area contributed by atoms with Gasteiger partial charge in [-0.1, -0.05) is 25.1 Å². The third kappa shape index (κ3) is 2.78. The van der Waals surface area contributed by atoms with Gasteiger partial charge in [0.1, 0.15) is 0 Å². The number of amides is 1. The SMILES string of the molecule is CCCNC(=O)c1cc2c(s1)-c1c(C)nn(-c3ccccc3)c1CC2. The maximum absolute atomic E-state index is 12.3. The van der Waals surface area contributed by atoms with Gasteiger partial charge in [0, 0.05) is 17.0 Å². The maximum Gasteiger partial charge on any atom is 0.261 e. The van der Waals surface area contributed by atoms with E-state index >= 15 is 0 Å². The van der Waals surface area contributed by atoms with E-state index in [1.165, 1.54) is 21.7 Å². The Morgan fingerprint density at radius 2 is 2.08 bits per heavy atom. The smallest absolute Gasteiger partial charge is 0.261 e. The molecule has 128 valence electrons. The van der Waals surface area contributed by atoms with Crippen molar-refractivity contribution in [1.29, 1.82) is 0 Å². The van der Waals surface area contributed by atoms with Crippen LogP contribution in [-0.2, 0) is 12.8 Å². The van der Waals surface area contributed by atoms with E-state index in [0.29, 0.717) is 0 Å². The lowest BCUT2D eigenvalue weighted by Crippen LogP contribution is -2.22. The van der Waals surface area contributed by atoms with Crippen molar-refractivity contribution in [2.45, 2.75) is 33.1 Å². The number of para-hydroxylation sites is 1. The molecular weight excluding hydrogens is 330 g/mol. The summed E-state index contributed by atoms with van der Waals surface area (Å²) in [7, 11) is 0. The highest BCUT2D eigenvalue weighted by Crippen LogP contribution is 2.42. The number of nitrogens with zero attached hydrogens (tertiary/aromatic N) is 2. The molecule has 0 saturated heterocycles. The van der Waals surface area contributed by atoms with Crippen molar-refractivity contribution >= 4 is 17.2 Å². The third-order valence-corrected chi connectivity index (χ3v) is 5.78. The Morgan fingerprint density at radius 3 is 2.84 bits per heavy atom. The highest BCUT2D eigenvalue weighted by Gasteiger charge is 2.27. The molecule has 1 amide bonds. The van der Waals surface area contributed by atoms with Crippen molar-refractivity contribution in [3.8, 4) is 16.1 Å². The van der Waals surface area contributed by atoms with E-state index in [1.54, 1.807) is 11.3 Å². The molecule has 4 nitrogen and oxygen atoms in total. The van der Waals surface area contributed by atoms with Gasteiger partial charge in [0.15, 0.2) is 0 Å². The van der Waals surface area contributed by atoms with E-state index in [2.05, 4.69) is 42.0 Å². The molecule has 2 heterocycles. The van der Waals surface area contributed by atoms with Gasteiger partial charge in [-0.2, -0.15) is 5.10 Å². The summed E-state index contributed by atoms with van der Waals surface area (Å²) in [6.45, 7) is 4.84. The minimum atomic E-state index is 0.0379. The molecule has 0 unspecified atom stereocenters. The molecule has 2 aromatic heterocycles. The summed E-state index contributed by atoms with van der Waals surface area (Å²) in [6, 6.07) is 12.3. The van der Waals surface area contributed by atoms with Crippen molar-refractivity contribution < 1.29 is 4.79 Å². The van der Waals surface area contributed by atoms with E-state index in [-0.39, 0.29) is 5.91 Å². The molecule has 1 N–H and O–H groups in total. The van der Waals surface area contributed by atoms with Crippen LogP contribution >= 0.6 is 11.3 Å². The molecular formula is C20H21N3OS. The number of carbonyl (C=O) groups excluding carboxylic acids is 1. The van der Waals surface area contributed by atoms with Crippen LogP contribution in [0.2, 0.25) is 0 Å². The molecule has 0 fully saturated rings. The number of hydrogen-bond acceptors (Lipinski definition) is 3. The molecule has 1 aliphatic carbocycles. The number of thiophene rings is 1. The molecule has 0 aliphatic heterocycles. The highest BCUT2D eigenvalue weighted by molar-refractivity contribution is 7.17. The number of benzene rings is 1. The zero-order chi connectivity index (χ0) is 17.4. The molecule has 25 heavy (non-hydrogen) atoms. The lowest BCUT2D eigenvalue weighted by molar-refractivity contribution is 0.0957. The fraction of sp³-hybridized carbons (Fsp3) is 0.300. The van der Waals surface area contributed by atoms with Crippen LogP contribution in [0.15, 0.2) is 36.4 Å². The fourth-order valence-corrected chi connectivity index (χ4v) is 4.65. The molecule has 1 aliphatic rings. The number of rotatable bonds is 4. The average Bonchev–Trinajstić information content (AvgIpc) is 3.21. The minimum Gasteiger partial charge on any atom is -0.351 e. The minimum absolute atomic E-state index is 0.0379. The summed E-state index contributed by atoms with van der Waals surface area (Å²) in [5, 5.41) is 7.77. The van der Waals surface area contributed by atoms with Gasteiger partial charge in [-0.15, -0.1) is 11.3 Å². The maximum atomic E-state index is 12.3. The van der Waals surface area contributed by atoms with E-state index in [9.17, 15) is 4.79 Å². The summed E-state index contributed by atoms with van der Waals surface area (Å²) in [6.07, 6.45) is 2.85.